The predicted molar refractivity (Wildman–Crippen MR) is 131 cm³/mol. The average molecular weight is 436 g/mol. The number of methoxy groups -OCH3 is 1. The van der Waals surface area contributed by atoms with Gasteiger partial charge < -0.3 is 19.9 Å². The van der Waals surface area contributed by atoms with E-state index in [0.29, 0.717) is 17.7 Å². The number of nitrogens with zero attached hydrogens (tertiary/aromatic N) is 1. The van der Waals surface area contributed by atoms with Gasteiger partial charge in [-0.3, -0.25) is 4.79 Å². The lowest BCUT2D eigenvalue weighted by Gasteiger charge is -2.31. The number of anilines is 1. The van der Waals surface area contributed by atoms with Gasteiger partial charge in [0.05, 0.1) is 13.7 Å². The molecule has 3 aromatic rings. The Kier molecular flexibility index (Phi) is 6.28. The fraction of sp³-hybridized carbons (Fsp3) is 0.360. The number of fused-ring (bicyclic) bond motifs is 1. The van der Waals surface area contributed by atoms with Gasteiger partial charge in [-0.2, -0.15) is 0 Å². The largest absolute Gasteiger partial charge is 0.497 e. The van der Waals surface area contributed by atoms with Crippen molar-refractivity contribution in [2.24, 2.45) is 0 Å². The van der Waals surface area contributed by atoms with Gasteiger partial charge in [0.25, 0.3) is 5.56 Å². The molecule has 0 unspecified atom stereocenters. The lowest BCUT2D eigenvalue weighted by Crippen LogP contribution is -2.42. The van der Waals surface area contributed by atoms with Crippen molar-refractivity contribution in [1.82, 2.24) is 9.88 Å². The highest BCUT2D eigenvalue weighted by atomic mass is 32.1. The van der Waals surface area contributed by atoms with E-state index in [0.717, 1.165) is 51.9 Å². The summed E-state index contributed by atoms with van der Waals surface area (Å²) in [5, 5.41) is 5.08. The molecule has 1 saturated carbocycles. The Hall–Kier alpha value is -2.86. The number of thiocarbonyl (C=S) groups is 1. The molecule has 1 aromatic heterocycles. The number of aromatic nitrogens is 1. The molecule has 162 valence electrons. The first-order valence-electron chi connectivity index (χ1n) is 10.8. The van der Waals surface area contributed by atoms with E-state index in [-0.39, 0.29) is 5.56 Å². The number of rotatable bonds is 5. The smallest absolute Gasteiger partial charge is 0.253 e. The number of pyridine rings is 1. The maximum absolute atomic E-state index is 12.9. The van der Waals surface area contributed by atoms with Crippen LogP contribution < -0.4 is 15.6 Å². The Bertz CT molecular complexity index is 1170. The fourth-order valence-corrected chi connectivity index (χ4v) is 4.83. The molecule has 1 heterocycles. The summed E-state index contributed by atoms with van der Waals surface area (Å²) in [7, 11) is 1.65. The molecule has 0 bridgehead atoms. The normalized spacial score (nSPS) is 14.0. The van der Waals surface area contributed by atoms with Crippen LogP contribution in [0, 0.1) is 13.8 Å². The summed E-state index contributed by atoms with van der Waals surface area (Å²) in [5.41, 5.74) is 4.76. The molecule has 2 aromatic carbocycles. The van der Waals surface area contributed by atoms with Crippen LogP contribution in [0.4, 0.5) is 5.69 Å². The van der Waals surface area contributed by atoms with E-state index in [1.54, 1.807) is 7.11 Å². The Labute approximate surface area is 188 Å². The van der Waals surface area contributed by atoms with Gasteiger partial charge in [0.15, 0.2) is 5.11 Å². The van der Waals surface area contributed by atoms with E-state index in [1.165, 1.54) is 12.8 Å². The highest BCUT2D eigenvalue weighted by Gasteiger charge is 2.26. The van der Waals surface area contributed by atoms with Crippen molar-refractivity contribution in [3.63, 3.8) is 0 Å². The molecule has 1 fully saturated rings. The van der Waals surface area contributed by atoms with E-state index in [2.05, 4.69) is 28.2 Å². The van der Waals surface area contributed by atoms with E-state index in [4.69, 9.17) is 17.0 Å². The molecule has 0 radical (unpaired) electrons. The maximum atomic E-state index is 12.9. The molecule has 0 saturated heterocycles. The number of aromatic amines is 1. The highest BCUT2D eigenvalue weighted by Crippen LogP contribution is 2.27. The molecule has 1 aliphatic carbocycles. The first-order chi connectivity index (χ1) is 14.9. The van der Waals surface area contributed by atoms with Crippen molar-refractivity contribution in [2.75, 3.05) is 12.4 Å². The molecular weight excluding hydrogens is 406 g/mol. The lowest BCUT2D eigenvalue weighted by molar-refractivity contribution is 0.311. The average Bonchev–Trinajstić information content (AvgIpc) is 3.27. The Morgan fingerprint density at radius 2 is 1.97 bits per heavy atom. The van der Waals surface area contributed by atoms with Gasteiger partial charge in [0, 0.05) is 34.3 Å². The quantitative estimate of drug-likeness (QED) is 0.533. The third kappa shape index (κ3) is 4.74. The van der Waals surface area contributed by atoms with Gasteiger partial charge in [-0.1, -0.05) is 25.0 Å². The standard InChI is InChI=1S/C25H29N3O2S/c1-16-11-17(2)22-13-18(24(29)27-23(22)12-16)15-28(20-8-4-5-9-20)25(31)26-19-7-6-10-21(14-19)30-3/h6-7,10-14,20H,4-5,8-9,15H2,1-3H3,(H,26,31)(H,27,29). The molecule has 0 aliphatic heterocycles. The van der Waals surface area contributed by atoms with E-state index in [9.17, 15) is 4.79 Å². The first kappa shape index (κ1) is 21.4. The van der Waals surface area contributed by atoms with Gasteiger partial charge in [-0.05, 0) is 74.3 Å². The summed E-state index contributed by atoms with van der Waals surface area (Å²) in [6.45, 7) is 4.61. The Morgan fingerprint density at radius 3 is 2.71 bits per heavy atom. The molecular formula is C25H29N3O2S. The number of ether oxygens (including phenoxy) is 1. The minimum absolute atomic E-state index is 0.0512. The van der Waals surface area contributed by atoms with E-state index in [1.807, 2.05) is 43.3 Å². The monoisotopic (exact) mass is 435 g/mol. The van der Waals surface area contributed by atoms with Gasteiger partial charge in [0.1, 0.15) is 5.75 Å². The second-order valence-corrected chi connectivity index (χ2v) is 8.78. The summed E-state index contributed by atoms with van der Waals surface area (Å²) in [6.07, 6.45) is 4.55. The molecule has 4 rings (SSSR count). The molecule has 0 spiro atoms. The van der Waals surface area contributed by atoms with Gasteiger partial charge in [-0.15, -0.1) is 0 Å². The van der Waals surface area contributed by atoms with Crippen LogP contribution in [0.2, 0.25) is 0 Å². The molecule has 6 heteroatoms. The van der Waals surface area contributed by atoms with Crippen molar-refractivity contribution in [1.29, 1.82) is 0 Å². The number of hydrogen-bond donors (Lipinski definition) is 2. The predicted octanol–water partition coefficient (Wildman–Crippen LogP) is 5.30. The van der Waals surface area contributed by atoms with Crippen LogP contribution in [0.1, 0.15) is 42.4 Å². The third-order valence-corrected chi connectivity index (χ3v) is 6.41. The number of aryl methyl sites for hydroxylation is 2. The second kappa shape index (κ2) is 9.10. The molecule has 31 heavy (non-hydrogen) atoms. The van der Waals surface area contributed by atoms with Crippen molar-refractivity contribution >= 4 is 33.9 Å². The van der Waals surface area contributed by atoms with Crippen LogP contribution in [0.3, 0.4) is 0 Å². The second-order valence-electron chi connectivity index (χ2n) is 8.40. The summed E-state index contributed by atoms with van der Waals surface area (Å²) in [5.74, 6) is 0.775. The SMILES string of the molecule is COc1cccc(NC(=S)N(Cc2cc3c(C)cc(C)cc3[nH]c2=O)C2CCCC2)c1. The number of benzene rings is 2. The van der Waals surface area contributed by atoms with Crippen LogP contribution in [-0.2, 0) is 6.54 Å². The van der Waals surface area contributed by atoms with Crippen molar-refractivity contribution in [3.05, 3.63) is 69.5 Å². The van der Waals surface area contributed by atoms with Crippen molar-refractivity contribution in [2.45, 2.75) is 52.1 Å². The Balaban J connectivity index is 1.64. The molecule has 0 atom stereocenters. The lowest BCUT2D eigenvalue weighted by atomic mass is 10.0. The Morgan fingerprint density at radius 1 is 1.19 bits per heavy atom. The third-order valence-electron chi connectivity index (χ3n) is 6.08. The fourth-order valence-electron chi connectivity index (χ4n) is 4.50. The number of hydrogen-bond acceptors (Lipinski definition) is 3. The minimum atomic E-state index is -0.0512. The zero-order valence-corrected chi connectivity index (χ0v) is 19.1. The van der Waals surface area contributed by atoms with Gasteiger partial charge in [-0.25, -0.2) is 0 Å². The molecule has 1 aliphatic rings. The van der Waals surface area contributed by atoms with Gasteiger partial charge in [0.2, 0.25) is 0 Å². The zero-order chi connectivity index (χ0) is 22.0. The van der Waals surface area contributed by atoms with Crippen molar-refractivity contribution in [3.8, 4) is 5.75 Å². The van der Waals surface area contributed by atoms with Gasteiger partial charge >= 0.3 is 0 Å². The highest BCUT2D eigenvalue weighted by molar-refractivity contribution is 7.80. The molecule has 2 N–H and O–H groups in total. The van der Waals surface area contributed by atoms with E-state index < -0.39 is 0 Å². The van der Waals surface area contributed by atoms with Crippen LogP contribution in [0.15, 0.2) is 47.3 Å². The summed E-state index contributed by atoms with van der Waals surface area (Å²) < 4.78 is 5.33. The van der Waals surface area contributed by atoms with Crippen LogP contribution in [0.5, 0.6) is 5.75 Å². The summed E-state index contributed by atoms with van der Waals surface area (Å²) in [4.78, 5) is 18.2. The topological polar surface area (TPSA) is 57.4 Å². The molecule has 0 amide bonds. The summed E-state index contributed by atoms with van der Waals surface area (Å²) >= 11 is 5.82. The maximum Gasteiger partial charge on any atom is 0.253 e. The van der Waals surface area contributed by atoms with Crippen molar-refractivity contribution < 1.29 is 4.74 Å². The van der Waals surface area contributed by atoms with Crippen LogP contribution in [-0.4, -0.2) is 28.1 Å². The first-order valence-corrected chi connectivity index (χ1v) is 11.2. The van der Waals surface area contributed by atoms with Crippen LogP contribution in [0.25, 0.3) is 10.9 Å². The minimum Gasteiger partial charge on any atom is -0.497 e. The van der Waals surface area contributed by atoms with E-state index >= 15 is 0 Å². The summed E-state index contributed by atoms with van der Waals surface area (Å²) in [6, 6.07) is 14.3. The zero-order valence-electron chi connectivity index (χ0n) is 18.3. The van der Waals surface area contributed by atoms with Crippen LogP contribution >= 0.6 is 12.2 Å². The molecule has 5 nitrogen and oxygen atoms in total. The number of nitrogens with one attached hydrogen (secondary N) is 2. The number of H-pyrrole nitrogens is 1.